The van der Waals surface area contributed by atoms with Crippen LogP contribution in [0, 0.1) is 0 Å². The molecule has 0 fully saturated rings. The van der Waals surface area contributed by atoms with Crippen LogP contribution >= 0.6 is 11.6 Å². The molecule has 24 heavy (non-hydrogen) atoms. The predicted molar refractivity (Wildman–Crippen MR) is 88.4 cm³/mol. The third-order valence-corrected chi connectivity index (χ3v) is 3.96. The zero-order valence-corrected chi connectivity index (χ0v) is 13.6. The van der Waals surface area contributed by atoms with Crippen molar-refractivity contribution in [1.82, 2.24) is 9.78 Å². The molecule has 3 rings (SSSR count). The average molecular weight is 351 g/mol. The monoisotopic (exact) mass is 350 g/mol. The first-order valence-corrected chi connectivity index (χ1v) is 7.79. The van der Waals surface area contributed by atoms with Crippen molar-refractivity contribution in [1.29, 1.82) is 0 Å². The molecule has 0 amide bonds. The van der Waals surface area contributed by atoms with Gasteiger partial charge in [0.05, 0.1) is 16.9 Å². The zero-order valence-electron chi connectivity index (χ0n) is 12.8. The molecule has 0 aliphatic carbocycles. The Morgan fingerprint density at radius 2 is 1.75 bits per heavy atom. The lowest BCUT2D eigenvalue weighted by atomic mass is 10.1. The summed E-state index contributed by atoms with van der Waals surface area (Å²) >= 11 is 5.89. The highest BCUT2D eigenvalue weighted by Crippen LogP contribution is 2.31. The third kappa shape index (κ3) is 3.31. The molecule has 0 N–H and O–H groups in total. The summed E-state index contributed by atoms with van der Waals surface area (Å²) in [6, 6.07) is 14.2. The fourth-order valence-electron chi connectivity index (χ4n) is 2.47. The van der Waals surface area contributed by atoms with Gasteiger partial charge < -0.3 is 0 Å². The molecule has 0 spiro atoms. The average Bonchev–Trinajstić information content (AvgIpc) is 2.99. The summed E-state index contributed by atoms with van der Waals surface area (Å²) in [6.07, 6.45) is -3.73. The molecular formula is C18H14ClF3N2. The van der Waals surface area contributed by atoms with E-state index in [-0.39, 0.29) is 0 Å². The number of alkyl halides is 3. The fraction of sp³-hybridized carbons (Fsp3) is 0.167. The minimum Gasteiger partial charge on any atom is -0.237 e. The van der Waals surface area contributed by atoms with Crippen LogP contribution in [0.5, 0.6) is 0 Å². The van der Waals surface area contributed by atoms with Gasteiger partial charge in [-0.05, 0) is 42.8 Å². The summed E-state index contributed by atoms with van der Waals surface area (Å²) in [6.45, 7) is 1.94. The summed E-state index contributed by atoms with van der Waals surface area (Å²) in [7, 11) is 0. The van der Waals surface area contributed by atoms with Gasteiger partial charge in [-0.3, -0.25) is 0 Å². The van der Waals surface area contributed by atoms with E-state index >= 15 is 0 Å². The lowest BCUT2D eigenvalue weighted by Crippen LogP contribution is -2.07. The lowest BCUT2D eigenvalue weighted by molar-refractivity contribution is -0.137. The Bertz CT molecular complexity index is 851. The largest absolute Gasteiger partial charge is 0.416 e. The Labute approximate surface area is 142 Å². The van der Waals surface area contributed by atoms with E-state index in [1.807, 2.05) is 25.1 Å². The second kappa shape index (κ2) is 6.32. The number of hydrogen-bond donors (Lipinski definition) is 0. The molecule has 0 atom stereocenters. The van der Waals surface area contributed by atoms with E-state index in [2.05, 4.69) is 5.10 Å². The van der Waals surface area contributed by atoms with Crippen LogP contribution in [-0.4, -0.2) is 9.78 Å². The summed E-state index contributed by atoms with van der Waals surface area (Å²) < 4.78 is 40.4. The van der Waals surface area contributed by atoms with Gasteiger partial charge in [-0.1, -0.05) is 36.7 Å². The molecule has 2 nitrogen and oxygen atoms in total. The first-order valence-electron chi connectivity index (χ1n) is 7.41. The third-order valence-electron chi connectivity index (χ3n) is 3.70. The number of aryl methyl sites for hydroxylation is 1. The number of nitrogens with zero attached hydrogens (tertiary/aromatic N) is 2. The molecule has 1 aromatic heterocycles. The van der Waals surface area contributed by atoms with Gasteiger partial charge in [0.15, 0.2) is 0 Å². The molecule has 6 heteroatoms. The smallest absolute Gasteiger partial charge is 0.237 e. The molecule has 3 aromatic rings. The van der Waals surface area contributed by atoms with Crippen LogP contribution in [0.2, 0.25) is 5.02 Å². The van der Waals surface area contributed by atoms with Crippen LogP contribution in [-0.2, 0) is 12.6 Å². The molecule has 1 heterocycles. The molecule has 0 radical (unpaired) electrons. The van der Waals surface area contributed by atoms with E-state index in [1.165, 1.54) is 6.07 Å². The van der Waals surface area contributed by atoms with Crippen LogP contribution < -0.4 is 0 Å². The topological polar surface area (TPSA) is 17.8 Å². The van der Waals surface area contributed by atoms with Gasteiger partial charge in [0.25, 0.3) is 0 Å². The van der Waals surface area contributed by atoms with Crippen molar-refractivity contribution < 1.29 is 13.2 Å². The maximum atomic E-state index is 12.9. The van der Waals surface area contributed by atoms with E-state index in [9.17, 15) is 13.2 Å². The van der Waals surface area contributed by atoms with Crippen LogP contribution in [0.4, 0.5) is 13.2 Å². The van der Waals surface area contributed by atoms with Crippen LogP contribution in [0.25, 0.3) is 16.9 Å². The van der Waals surface area contributed by atoms with E-state index < -0.39 is 11.7 Å². The Morgan fingerprint density at radius 1 is 1.04 bits per heavy atom. The summed E-state index contributed by atoms with van der Waals surface area (Å²) in [5.41, 5.74) is 2.09. The SMILES string of the molecule is CCc1cc(-c2ccc(Cl)cc2)nn1-c1cccc(C(F)(F)F)c1. The number of aromatic nitrogens is 2. The van der Waals surface area contributed by atoms with Crippen molar-refractivity contribution in [2.75, 3.05) is 0 Å². The minimum atomic E-state index is -4.38. The lowest BCUT2D eigenvalue weighted by Gasteiger charge is -2.10. The maximum absolute atomic E-state index is 12.9. The highest BCUT2D eigenvalue weighted by atomic mass is 35.5. The van der Waals surface area contributed by atoms with Crippen molar-refractivity contribution in [3.05, 3.63) is 70.9 Å². The van der Waals surface area contributed by atoms with Gasteiger partial charge in [-0.25, -0.2) is 4.68 Å². The van der Waals surface area contributed by atoms with Crippen LogP contribution in [0.1, 0.15) is 18.2 Å². The molecule has 2 aromatic carbocycles. The predicted octanol–water partition coefficient (Wildman–Crippen LogP) is 5.77. The van der Waals surface area contributed by atoms with Crippen molar-refractivity contribution in [2.45, 2.75) is 19.5 Å². The van der Waals surface area contributed by atoms with Crippen LogP contribution in [0.3, 0.4) is 0 Å². The molecule has 0 saturated heterocycles. The fourth-order valence-corrected chi connectivity index (χ4v) is 2.60. The maximum Gasteiger partial charge on any atom is 0.416 e. The van der Waals surface area contributed by atoms with E-state index in [0.29, 0.717) is 22.8 Å². The highest BCUT2D eigenvalue weighted by molar-refractivity contribution is 6.30. The number of hydrogen-bond acceptors (Lipinski definition) is 1. The van der Waals surface area contributed by atoms with Crippen molar-refractivity contribution in [2.24, 2.45) is 0 Å². The van der Waals surface area contributed by atoms with E-state index in [0.717, 1.165) is 23.4 Å². The number of rotatable bonds is 3. The molecule has 0 saturated carbocycles. The number of benzene rings is 2. The summed E-state index contributed by atoms with van der Waals surface area (Å²) in [4.78, 5) is 0. The molecule has 0 aliphatic heterocycles. The summed E-state index contributed by atoms with van der Waals surface area (Å²) in [5.74, 6) is 0. The second-order valence-electron chi connectivity index (χ2n) is 5.34. The Balaban J connectivity index is 2.07. The van der Waals surface area contributed by atoms with Gasteiger partial charge >= 0.3 is 6.18 Å². The standard InChI is InChI=1S/C18H14ClF3N2/c1-2-15-11-17(12-6-8-14(19)9-7-12)23-24(15)16-5-3-4-13(10-16)18(20,21)22/h3-11H,2H2,1H3. The first kappa shape index (κ1) is 16.6. The highest BCUT2D eigenvalue weighted by Gasteiger charge is 2.30. The molecule has 0 aliphatic rings. The number of halogens is 4. The van der Waals surface area contributed by atoms with Gasteiger partial charge in [-0.15, -0.1) is 0 Å². The molecular weight excluding hydrogens is 337 g/mol. The van der Waals surface area contributed by atoms with Gasteiger partial charge in [0.1, 0.15) is 0 Å². The Kier molecular flexibility index (Phi) is 4.37. The minimum absolute atomic E-state index is 0.391. The zero-order chi connectivity index (χ0) is 17.3. The molecule has 124 valence electrons. The van der Waals surface area contributed by atoms with E-state index in [1.54, 1.807) is 22.9 Å². The summed E-state index contributed by atoms with van der Waals surface area (Å²) in [5, 5.41) is 5.10. The van der Waals surface area contributed by atoms with Gasteiger partial charge in [-0.2, -0.15) is 18.3 Å². The van der Waals surface area contributed by atoms with Gasteiger partial charge in [0.2, 0.25) is 0 Å². The van der Waals surface area contributed by atoms with Gasteiger partial charge in [0, 0.05) is 16.3 Å². The second-order valence-corrected chi connectivity index (χ2v) is 5.78. The van der Waals surface area contributed by atoms with Crippen molar-refractivity contribution >= 4 is 11.6 Å². The first-order chi connectivity index (χ1) is 11.4. The Morgan fingerprint density at radius 3 is 2.38 bits per heavy atom. The van der Waals surface area contributed by atoms with Crippen LogP contribution in [0.15, 0.2) is 54.6 Å². The quantitative estimate of drug-likeness (QED) is 0.586. The Hall–Kier alpha value is -2.27. The van der Waals surface area contributed by atoms with Crippen molar-refractivity contribution in [3.63, 3.8) is 0 Å². The van der Waals surface area contributed by atoms with Crippen molar-refractivity contribution in [3.8, 4) is 16.9 Å². The molecule has 0 bridgehead atoms. The molecule has 0 unspecified atom stereocenters. The normalized spacial score (nSPS) is 11.7. The van der Waals surface area contributed by atoms with E-state index in [4.69, 9.17) is 11.6 Å².